The van der Waals surface area contributed by atoms with Gasteiger partial charge in [-0.05, 0) is 24.6 Å². The normalized spacial score (nSPS) is 10.4. The van der Waals surface area contributed by atoms with E-state index in [-0.39, 0.29) is 11.4 Å². The second-order valence-corrected chi connectivity index (χ2v) is 4.24. The molecule has 0 fully saturated rings. The Morgan fingerprint density at radius 1 is 1.11 bits per heavy atom. The van der Waals surface area contributed by atoms with E-state index in [4.69, 9.17) is 22.1 Å². The number of nitrogens with two attached hydrogens (primary N) is 1. The molecule has 0 bridgehead atoms. The van der Waals surface area contributed by atoms with Gasteiger partial charge in [0.2, 0.25) is 0 Å². The quantitative estimate of drug-likeness (QED) is 0.825. The maximum Gasteiger partial charge on any atom is 0.156 e. The van der Waals surface area contributed by atoms with Gasteiger partial charge in [0.1, 0.15) is 17.3 Å². The van der Waals surface area contributed by atoms with Crippen LogP contribution < -0.4 is 10.5 Å². The molecule has 2 N–H and O–H groups in total. The van der Waals surface area contributed by atoms with Gasteiger partial charge in [0.25, 0.3) is 0 Å². The summed E-state index contributed by atoms with van der Waals surface area (Å²) in [7, 11) is 0. The van der Waals surface area contributed by atoms with Crippen LogP contribution in [0.15, 0.2) is 30.3 Å². The van der Waals surface area contributed by atoms with Crippen molar-refractivity contribution in [1.29, 1.82) is 0 Å². The zero-order valence-corrected chi connectivity index (χ0v) is 10.3. The van der Waals surface area contributed by atoms with E-state index >= 15 is 0 Å². The highest BCUT2D eigenvalue weighted by atomic mass is 35.5. The minimum Gasteiger partial charge on any atom is -0.453 e. The molecule has 0 radical (unpaired) electrons. The minimum atomic E-state index is -0.867. The second-order valence-electron chi connectivity index (χ2n) is 3.84. The van der Waals surface area contributed by atoms with Crippen molar-refractivity contribution in [3.05, 3.63) is 52.6 Å². The van der Waals surface area contributed by atoms with Gasteiger partial charge in [-0.25, -0.2) is 8.78 Å². The number of benzene rings is 2. The number of anilines is 1. The average Bonchev–Trinajstić information content (AvgIpc) is 2.29. The summed E-state index contributed by atoms with van der Waals surface area (Å²) < 4.78 is 31.6. The van der Waals surface area contributed by atoms with Gasteiger partial charge in [-0.1, -0.05) is 17.7 Å². The van der Waals surface area contributed by atoms with E-state index in [1.54, 1.807) is 18.2 Å². The van der Waals surface area contributed by atoms with E-state index in [1.807, 2.05) is 6.92 Å². The zero-order chi connectivity index (χ0) is 13.3. The van der Waals surface area contributed by atoms with Crippen molar-refractivity contribution in [2.45, 2.75) is 6.92 Å². The van der Waals surface area contributed by atoms with Gasteiger partial charge in [0.05, 0.1) is 5.02 Å². The van der Waals surface area contributed by atoms with Crippen LogP contribution in [-0.2, 0) is 0 Å². The molecule has 0 spiro atoms. The fourth-order valence-electron chi connectivity index (χ4n) is 1.45. The van der Waals surface area contributed by atoms with E-state index in [2.05, 4.69) is 0 Å². The Kier molecular flexibility index (Phi) is 3.39. The van der Waals surface area contributed by atoms with Crippen molar-refractivity contribution < 1.29 is 13.5 Å². The lowest BCUT2D eigenvalue weighted by Crippen LogP contribution is -1.97. The highest BCUT2D eigenvalue weighted by Gasteiger charge is 2.12. The Bertz CT molecular complexity index is 602. The van der Waals surface area contributed by atoms with Gasteiger partial charge in [-0.3, -0.25) is 0 Å². The molecule has 2 aromatic rings. The van der Waals surface area contributed by atoms with E-state index in [1.165, 1.54) is 0 Å². The zero-order valence-electron chi connectivity index (χ0n) is 9.51. The molecule has 0 amide bonds. The lowest BCUT2D eigenvalue weighted by atomic mass is 10.2. The van der Waals surface area contributed by atoms with E-state index < -0.39 is 11.6 Å². The lowest BCUT2D eigenvalue weighted by Gasteiger charge is -2.11. The van der Waals surface area contributed by atoms with Crippen LogP contribution in [0.1, 0.15) is 5.56 Å². The molecule has 0 aliphatic heterocycles. The number of hydrogen-bond acceptors (Lipinski definition) is 2. The number of rotatable bonds is 2. The lowest BCUT2D eigenvalue weighted by molar-refractivity contribution is 0.472. The van der Waals surface area contributed by atoms with Crippen LogP contribution in [0.3, 0.4) is 0 Å². The molecule has 0 heterocycles. The van der Waals surface area contributed by atoms with E-state index in [0.717, 1.165) is 11.6 Å². The first-order valence-electron chi connectivity index (χ1n) is 5.16. The summed E-state index contributed by atoms with van der Waals surface area (Å²) in [5.74, 6) is -1.44. The van der Waals surface area contributed by atoms with Crippen LogP contribution in [0.4, 0.5) is 14.5 Å². The topological polar surface area (TPSA) is 35.2 Å². The number of hydrogen-bond donors (Lipinski definition) is 1. The van der Waals surface area contributed by atoms with Gasteiger partial charge in [-0.15, -0.1) is 0 Å². The van der Waals surface area contributed by atoms with Crippen LogP contribution in [0.25, 0.3) is 0 Å². The Balaban J connectivity index is 2.40. The summed E-state index contributed by atoms with van der Waals surface area (Å²) in [6.45, 7) is 1.87. The molecule has 2 rings (SSSR count). The Morgan fingerprint density at radius 3 is 2.50 bits per heavy atom. The molecule has 18 heavy (non-hydrogen) atoms. The molecule has 0 saturated carbocycles. The maximum absolute atomic E-state index is 13.2. The average molecular weight is 270 g/mol. The monoisotopic (exact) mass is 269 g/mol. The van der Waals surface area contributed by atoms with Gasteiger partial charge in [-0.2, -0.15) is 0 Å². The third-order valence-electron chi connectivity index (χ3n) is 2.36. The van der Waals surface area contributed by atoms with Crippen molar-refractivity contribution in [2.75, 3.05) is 5.73 Å². The number of aryl methyl sites for hydroxylation is 1. The van der Waals surface area contributed by atoms with Crippen LogP contribution in [0, 0.1) is 18.6 Å². The first kappa shape index (κ1) is 12.6. The van der Waals surface area contributed by atoms with Crippen molar-refractivity contribution in [3.63, 3.8) is 0 Å². The van der Waals surface area contributed by atoms with Crippen LogP contribution in [0.2, 0.25) is 5.02 Å². The third kappa shape index (κ3) is 2.54. The maximum atomic E-state index is 13.2. The summed E-state index contributed by atoms with van der Waals surface area (Å²) in [4.78, 5) is 0. The Morgan fingerprint density at radius 2 is 1.83 bits per heavy atom. The molecule has 0 atom stereocenters. The van der Waals surface area contributed by atoms with E-state index in [9.17, 15) is 8.78 Å². The molecule has 2 nitrogen and oxygen atoms in total. The summed E-state index contributed by atoms with van der Waals surface area (Å²) in [5, 5.41) is 0.346. The molecule has 0 aliphatic rings. The first-order valence-corrected chi connectivity index (χ1v) is 5.53. The van der Waals surface area contributed by atoms with E-state index in [0.29, 0.717) is 16.8 Å². The Hall–Kier alpha value is -1.81. The first-order chi connectivity index (χ1) is 8.47. The van der Waals surface area contributed by atoms with Gasteiger partial charge in [0, 0.05) is 12.1 Å². The molecule has 2 aromatic carbocycles. The molecule has 5 heteroatoms. The smallest absolute Gasteiger partial charge is 0.156 e. The third-order valence-corrected chi connectivity index (χ3v) is 2.66. The Labute approximate surface area is 108 Å². The number of halogens is 3. The molecule has 94 valence electrons. The molecule has 0 saturated heterocycles. The van der Waals surface area contributed by atoms with Crippen LogP contribution in [-0.4, -0.2) is 0 Å². The van der Waals surface area contributed by atoms with Crippen LogP contribution in [0.5, 0.6) is 11.5 Å². The number of nitrogen functional groups attached to an aromatic ring is 1. The summed E-state index contributed by atoms with van der Waals surface area (Å²) in [6.07, 6.45) is 0. The second kappa shape index (κ2) is 4.82. The molecule has 0 aliphatic carbocycles. The SMILES string of the molecule is Cc1ccc(Oc2cc(F)cc(F)c2N)c(Cl)c1. The predicted molar refractivity (Wildman–Crippen MR) is 67.0 cm³/mol. The summed E-state index contributed by atoms with van der Waals surface area (Å²) >= 11 is 5.96. The van der Waals surface area contributed by atoms with Crippen molar-refractivity contribution in [3.8, 4) is 11.5 Å². The minimum absolute atomic E-state index is 0.0988. The highest BCUT2D eigenvalue weighted by Crippen LogP contribution is 2.34. The van der Waals surface area contributed by atoms with Crippen molar-refractivity contribution in [2.24, 2.45) is 0 Å². The summed E-state index contributed by atoms with van der Waals surface area (Å²) in [6, 6.07) is 6.77. The highest BCUT2D eigenvalue weighted by molar-refractivity contribution is 6.32. The van der Waals surface area contributed by atoms with Gasteiger partial charge < -0.3 is 10.5 Å². The predicted octanol–water partition coefficient (Wildman–Crippen LogP) is 4.30. The van der Waals surface area contributed by atoms with Crippen molar-refractivity contribution in [1.82, 2.24) is 0 Å². The molecular weight excluding hydrogens is 260 g/mol. The van der Waals surface area contributed by atoms with Crippen LogP contribution >= 0.6 is 11.6 Å². The molecule has 0 aromatic heterocycles. The van der Waals surface area contributed by atoms with Gasteiger partial charge in [0.15, 0.2) is 11.6 Å². The molecular formula is C13H10ClF2NO. The summed E-state index contributed by atoms with van der Waals surface area (Å²) in [5.41, 5.74) is 6.16. The van der Waals surface area contributed by atoms with Gasteiger partial charge >= 0.3 is 0 Å². The number of ether oxygens (including phenoxy) is 1. The standard InChI is InChI=1S/C13H10ClF2NO/c1-7-2-3-11(9(14)4-7)18-12-6-8(15)5-10(16)13(12)17/h2-6H,17H2,1H3. The largest absolute Gasteiger partial charge is 0.453 e. The fourth-order valence-corrected chi connectivity index (χ4v) is 1.73. The van der Waals surface area contributed by atoms with Crippen molar-refractivity contribution >= 4 is 17.3 Å². The fraction of sp³-hybridized carbons (Fsp3) is 0.0769. The molecule has 0 unspecified atom stereocenters.